The molecular formula is C13H14N4OS2. The minimum Gasteiger partial charge on any atom is -0.508 e. The summed E-state index contributed by atoms with van der Waals surface area (Å²) in [6.07, 6.45) is 3.72. The Bertz CT molecular complexity index is 705. The molecule has 0 atom stereocenters. The lowest BCUT2D eigenvalue weighted by molar-refractivity contribution is 0.475. The van der Waals surface area contributed by atoms with Crippen LogP contribution in [0.15, 0.2) is 24.3 Å². The van der Waals surface area contributed by atoms with Crippen molar-refractivity contribution < 1.29 is 5.11 Å². The van der Waals surface area contributed by atoms with E-state index in [-0.39, 0.29) is 5.75 Å². The second-order valence-corrected chi connectivity index (χ2v) is 6.42. The molecule has 0 unspecified atom stereocenters. The van der Waals surface area contributed by atoms with E-state index in [1.165, 1.54) is 0 Å². The first kappa shape index (κ1) is 13.4. The van der Waals surface area contributed by atoms with Gasteiger partial charge in [0.05, 0.1) is 0 Å². The van der Waals surface area contributed by atoms with Crippen molar-refractivity contribution in [2.45, 2.75) is 12.8 Å². The van der Waals surface area contributed by atoms with Gasteiger partial charge in [0.25, 0.3) is 0 Å². The van der Waals surface area contributed by atoms with Crippen LogP contribution in [0.3, 0.4) is 0 Å². The summed E-state index contributed by atoms with van der Waals surface area (Å²) in [6.45, 7) is 0. The number of aryl methyl sites for hydroxylation is 1. The van der Waals surface area contributed by atoms with Crippen molar-refractivity contribution in [1.82, 2.24) is 19.8 Å². The summed E-state index contributed by atoms with van der Waals surface area (Å²) in [5, 5.41) is 23.3. The first-order valence-corrected chi connectivity index (χ1v) is 8.44. The Balaban J connectivity index is 1.84. The third kappa shape index (κ3) is 2.78. The number of hydrogen-bond acceptors (Lipinski definition) is 6. The zero-order valence-corrected chi connectivity index (χ0v) is 12.6. The monoisotopic (exact) mass is 306 g/mol. The number of fused-ring (bicyclic) bond motifs is 1. The fourth-order valence-corrected chi connectivity index (χ4v) is 3.27. The van der Waals surface area contributed by atoms with Crippen LogP contribution >= 0.6 is 23.1 Å². The van der Waals surface area contributed by atoms with Gasteiger partial charge in [0.1, 0.15) is 10.8 Å². The quantitative estimate of drug-likeness (QED) is 0.784. The van der Waals surface area contributed by atoms with E-state index in [0.29, 0.717) is 6.42 Å². The van der Waals surface area contributed by atoms with E-state index >= 15 is 0 Å². The van der Waals surface area contributed by atoms with Crippen molar-refractivity contribution in [3.63, 3.8) is 0 Å². The van der Waals surface area contributed by atoms with Gasteiger partial charge in [0, 0.05) is 12.8 Å². The van der Waals surface area contributed by atoms with Gasteiger partial charge in [-0.2, -0.15) is 21.4 Å². The number of nitrogens with zero attached hydrogens (tertiary/aromatic N) is 4. The third-order valence-electron chi connectivity index (χ3n) is 2.92. The Labute approximate surface area is 124 Å². The average Bonchev–Trinajstić information content (AvgIpc) is 3.01. The molecule has 5 nitrogen and oxygen atoms in total. The van der Waals surface area contributed by atoms with Crippen molar-refractivity contribution in [1.29, 1.82) is 0 Å². The highest BCUT2D eigenvalue weighted by atomic mass is 32.2. The lowest BCUT2D eigenvalue weighted by Gasteiger charge is -1.98. The molecule has 0 saturated carbocycles. The molecule has 0 saturated heterocycles. The fraction of sp³-hybridized carbons (Fsp3) is 0.308. The summed E-state index contributed by atoms with van der Waals surface area (Å²) in [5.74, 6) is 2.17. The Morgan fingerprint density at radius 1 is 1.25 bits per heavy atom. The maximum absolute atomic E-state index is 9.29. The van der Waals surface area contributed by atoms with E-state index in [4.69, 9.17) is 0 Å². The van der Waals surface area contributed by atoms with Crippen LogP contribution in [0.5, 0.6) is 5.75 Å². The number of phenols is 1. The maximum Gasteiger partial charge on any atom is 0.234 e. The largest absolute Gasteiger partial charge is 0.508 e. The Morgan fingerprint density at radius 3 is 2.80 bits per heavy atom. The summed E-state index contributed by atoms with van der Waals surface area (Å²) in [4.78, 5) is 0.842. The molecule has 0 aliphatic heterocycles. The Morgan fingerprint density at radius 2 is 2.05 bits per heavy atom. The van der Waals surface area contributed by atoms with Crippen molar-refractivity contribution in [3.8, 4) is 5.75 Å². The highest BCUT2D eigenvalue weighted by Gasteiger charge is 2.11. The third-order valence-corrected chi connectivity index (χ3v) is 4.49. The molecule has 104 valence electrons. The van der Waals surface area contributed by atoms with Crippen LogP contribution in [-0.2, 0) is 12.8 Å². The SMILES string of the molecule is CSCCc1nn2c(Cc3ccc(O)cc3)nnc2s1. The first-order valence-electron chi connectivity index (χ1n) is 6.23. The molecule has 20 heavy (non-hydrogen) atoms. The number of rotatable bonds is 5. The van der Waals surface area contributed by atoms with E-state index in [1.807, 2.05) is 28.4 Å². The molecule has 0 amide bonds. The molecule has 0 bridgehead atoms. The Hall–Kier alpha value is -1.60. The molecule has 0 aliphatic carbocycles. The molecule has 7 heteroatoms. The summed E-state index contributed by atoms with van der Waals surface area (Å²) in [6, 6.07) is 7.13. The van der Waals surface area contributed by atoms with Crippen molar-refractivity contribution >= 4 is 28.1 Å². The van der Waals surface area contributed by atoms with E-state index in [1.54, 1.807) is 23.5 Å². The topological polar surface area (TPSA) is 63.3 Å². The number of aromatic nitrogens is 4. The van der Waals surface area contributed by atoms with Crippen molar-refractivity contribution in [2.75, 3.05) is 12.0 Å². The molecule has 3 aromatic rings. The minimum atomic E-state index is 0.271. The molecule has 0 fully saturated rings. The van der Waals surface area contributed by atoms with Crippen molar-refractivity contribution in [3.05, 3.63) is 40.7 Å². The van der Waals surface area contributed by atoms with E-state index in [2.05, 4.69) is 21.6 Å². The standard InChI is InChI=1S/C13H14N4OS2/c1-19-7-6-12-16-17-11(14-15-13(17)20-12)8-9-2-4-10(18)5-3-9/h2-5,18H,6-8H2,1H3. The summed E-state index contributed by atoms with van der Waals surface area (Å²) < 4.78 is 1.83. The van der Waals surface area contributed by atoms with Crippen LogP contribution in [0.2, 0.25) is 0 Å². The second-order valence-electron chi connectivity index (χ2n) is 4.39. The van der Waals surface area contributed by atoms with Crippen LogP contribution in [0.25, 0.3) is 4.96 Å². The fourth-order valence-electron chi connectivity index (χ4n) is 1.89. The first-order chi connectivity index (χ1) is 9.76. The van der Waals surface area contributed by atoms with Gasteiger partial charge in [-0.05, 0) is 29.7 Å². The van der Waals surface area contributed by atoms with Crippen LogP contribution in [0, 0.1) is 0 Å². The molecular weight excluding hydrogens is 292 g/mol. The zero-order chi connectivity index (χ0) is 13.9. The highest BCUT2D eigenvalue weighted by molar-refractivity contribution is 7.98. The molecule has 1 aromatic carbocycles. The predicted molar refractivity (Wildman–Crippen MR) is 81.7 cm³/mol. The normalized spacial score (nSPS) is 11.2. The van der Waals surface area contributed by atoms with Gasteiger partial charge in [-0.1, -0.05) is 23.5 Å². The molecule has 3 rings (SSSR count). The van der Waals surface area contributed by atoms with Gasteiger partial charge < -0.3 is 5.11 Å². The van der Waals surface area contributed by atoms with Crippen LogP contribution in [0.4, 0.5) is 0 Å². The highest BCUT2D eigenvalue weighted by Crippen LogP contribution is 2.18. The number of benzene rings is 1. The lowest BCUT2D eigenvalue weighted by atomic mass is 10.1. The average molecular weight is 306 g/mol. The summed E-state index contributed by atoms with van der Waals surface area (Å²) >= 11 is 3.41. The minimum absolute atomic E-state index is 0.271. The lowest BCUT2D eigenvalue weighted by Crippen LogP contribution is -1.98. The summed E-state index contributed by atoms with van der Waals surface area (Å²) in [7, 11) is 0. The number of phenolic OH excluding ortho intramolecular Hbond substituents is 1. The van der Waals surface area contributed by atoms with Gasteiger partial charge >= 0.3 is 0 Å². The molecule has 2 heterocycles. The number of aromatic hydroxyl groups is 1. The molecule has 0 aliphatic rings. The van der Waals surface area contributed by atoms with E-state index in [9.17, 15) is 5.11 Å². The number of hydrogen-bond donors (Lipinski definition) is 1. The Kier molecular flexibility index (Phi) is 3.88. The smallest absolute Gasteiger partial charge is 0.234 e. The summed E-state index contributed by atoms with van der Waals surface area (Å²) in [5.41, 5.74) is 1.08. The number of thioether (sulfide) groups is 1. The maximum atomic E-state index is 9.29. The van der Waals surface area contributed by atoms with E-state index < -0.39 is 0 Å². The van der Waals surface area contributed by atoms with E-state index in [0.717, 1.165) is 33.5 Å². The zero-order valence-electron chi connectivity index (χ0n) is 11.0. The van der Waals surface area contributed by atoms with Gasteiger partial charge in [-0.15, -0.1) is 10.2 Å². The van der Waals surface area contributed by atoms with Gasteiger partial charge in [-0.25, -0.2) is 0 Å². The van der Waals surface area contributed by atoms with Gasteiger partial charge in [-0.3, -0.25) is 0 Å². The van der Waals surface area contributed by atoms with Gasteiger partial charge in [0.2, 0.25) is 4.96 Å². The molecule has 0 radical (unpaired) electrons. The molecule has 0 spiro atoms. The predicted octanol–water partition coefficient (Wildman–Crippen LogP) is 2.39. The van der Waals surface area contributed by atoms with Crippen LogP contribution in [0.1, 0.15) is 16.4 Å². The molecule has 1 N–H and O–H groups in total. The van der Waals surface area contributed by atoms with Crippen molar-refractivity contribution in [2.24, 2.45) is 0 Å². The van der Waals surface area contributed by atoms with Crippen LogP contribution in [-0.4, -0.2) is 36.9 Å². The molecule has 2 aromatic heterocycles. The second kappa shape index (κ2) is 5.80. The van der Waals surface area contributed by atoms with Crippen LogP contribution < -0.4 is 0 Å². The van der Waals surface area contributed by atoms with Gasteiger partial charge in [0.15, 0.2) is 5.82 Å².